The smallest absolute Gasteiger partial charge is 0.268 e. The molecule has 1 aromatic heterocycles. The number of nitrogens with zero attached hydrogens (tertiary/aromatic N) is 2. The number of rotatable bonds is 4. The highest BCUT2D eigenvalue weighted by Crippen LogP contribution is 2.48. The van der Waals surface area contributed by atoms with Crippen molar-refractivity contribution in [3.63, 3.8) is 0 Å². The van der Waals surface area contributed by atoms with E-state index in [0.717, 1.165) is 16.7 Å². The number of anilines is 1. The fourth-order valence-electron chi connectivity index (χ4n) is 4.84. The van der Waals surface area contributed by atoms with E-state index < -0.39 is 11.5 Å². The molecule has 6 rings (SSSR count). The van der Waals surface area contributed by atoms with Gasteiger partial charge in [0, 0.05) is 24.1 Å². The van der Waals surface area contributed by atoms with Crippen LogP contribution in [0.5, 0.6) is 5.75 Å². The molecule has 5 aromatic rings. The van der Waals surface area contributed by atoms with Gasteiger partial charge in [-0.05, 0) is 28.8 Å². The Morgan fingerprint density at radius 3 is 2.34 bits per heavy atom. The van der Waals surface area contributed by atoms with Gasteiger partial charge in [-0.1, -0.05) is 72.8 Å². The van der Waals surface area contributed by atoms with Crippen molar-refractivity contribution in [1.82, 2.24) is 4.98 Å². The number of phenolic OH excluding ortho intramolecular Hbond substituents is 1. The Morgan fingerprint density at radius 1 is 0.886 bits per heavy atom. The SMILES string of the molecule is Cc1nc2cc(O)c(C3(O)C(=O)N(Cc4ccc(-c5ccccc5)cc4)c4ccccc43)cc2o1. The Hall–Kier alpha value is -4.42. The van der Waals surface area contributed by atoms with Crippen molar-refractivity contribution in [2.45, 2.75) is 19.1 Å². The molecule has 0 fully saturated rings. The Kier molecular flexibility index (Phi) is 4.72. The Labute approximate surface area is 201 Å². The molecule has 0 saturated heterocycles. The summed E-state index contributed by atoms with van der Waals surface area (Å²) in [6.07, 6.45) is 0. The molecule has 4 aromatic carbocycles. The van der Waals surface area contributed by atoms with Crippen molar-refractivity contribution in [2.75, 3.05) is 4.90 Å². The van der Waals surface area contributed by atoms with E-state index in [1.807, 2.05) is 48.5 Å². The summed E-state index contributed by atoms with van der Waals surface area (Å²) in [6, 6.07) is 28.1. The summed E-state index contributed by atoms with van der Waals surface area (Å²) in [7, 11) is 0. The number of oxazole rings is 1. The van der Waals surface area contributed by atoms with Gasteiger partial charge in [0.2, 0.25) is 5.60 Å². The number of aliphatic hydroxyl groups is 1. The molecule has 1 unspecified atom stereocenters. The predicted octanol–water partition coefficient (Wildman–Crippen LogP) is 5.29. The van der Waals surface area contributed by atoms with Crippen molar-refractivity contribution in [1.29, 1.82) is 0 Å². The van der Waals surface area contributed by atoms with Gasteiger partial charge in [-0.15, -0.1) is 0 Å². The lowest BCUT2D eigenvalue weighted by atomic mass is 9.86. The van der Waals surface area contributed by atoms with Gasteiger partial charge in [0.05, 0.1) is 12.2 Å². The lowest BCUT2D eigenvalue weighted by molar-refractivity contribution is -0.132. The van der Waals surface area contributed by atoms with Crippen LogP contribution in [0.4, 0.5) is 5.69 Å². The number of hydrogen-bond donors (Lipinski definition) is 2. The summed E-state index contributed by atoms with van der Waals surface area (Å²) in [5.41, 5.74) is 2.99. The number of para-hydroxylation sites is 1. The average Bonchev–Trinajstić information content (AvgIpc) is 3.34. The van der Waals surface area contributed by atoms with Crippen LogP contribution >= 0.6 is 0 Å². The van der Waals surface area contributed by atoms with Gasteiger partial charge in [0.25, 0.3) is 5.91 Å². The molecule has 1 amide bonds. The molecule has 6 nitrogen and oxygen atoms in total. The summed E-state index contributed by atoms with van der Waals surface area (Å²) in [4.78, 5) is 19.6. The zero-order valence-corrected chi connectivity index (χ0v) is 19.0. The van der Waals surface area contributed by atoms with E-state index in [-0.39, 0.29) is 17.9 Å². The first-order valence-electron chi connectivity index (χ1n) is 11.3. The van der Waals surface area contributed by atoms with E-state index in [2.05, 4.69) is 17.1 Å². The third-order valence-electron chi connectivity index (χ3n) is 6.54. The maximum absolute atomic E-state index is 13.8. The number of aryl methyl sites for hydroxylation is 1. The molecule has 0 spiro atoms. The van der Waals surface area contributed by atoms with Crippen molar-refractivity contribution in [3.8, 4) is 16.9 Å². The fourth-order valence-corrected chi connectivity index (χ4v) is 4.84. The molecule has 1 aliphatic heterocycles. The van der Waals surface area contributed by atoms with Gasteiger partial charge in [0.1, 0.15) is 11.3 Å². The van der Waals surface area contributed by atoms with E-state index in [4.69, 9.17) is 4.42 Å². The van der Waals surface area contributed by atoms with E-state index in [9.17, 15) is 15.0 Å². The van der Waals surface area contributed by atoms with Crippen molar-refractivity contribution in [2.24, 2.45) is 0 Å². The second kappa shape index (κ2) is 7.82. The zero-order chi connectivity index (χ0) is 24.2. The van der Waals surface area contributed by atoms with Gasteiger partial charge >= 0.3 is 0 Å². The van der Waals surface area contributed by atoms with Gasteiger partial charge in [-0.2, -0.15) is 0 Å². The zero-order valence-electron chi connectivity index (χ0n) is 19.0. The molecule has 0 aliphatic carbocycles. The van der Waals surface area contributed by atoms with Crippen LogP contribution in [0.15, 0.2) is 95.4 Å². The molecule has 6 heteroatoms. The maximum Gasteiger partial charge on any atom is 0.268 e. The molecular weight excluding hydrogens is 440 g/mol. The van der Waals surface area contributed by atoms with Crippen LogP contribution in [0.25, 0.3) is 22.2 Å². The second-order valence-corrected chi connectivity index (χ2v) is 8.75. The number of amides is 1. The highest BCUT2D eigenvalue weighted by molar-refractivity contribution is 6.09. The molecule has 0 saturated carbocycles. The van der Waals surface area contributed by atoms with Crippen LogP contribution in [0.3, 0.4) is 0 Å². The van der Waals surface area contributed by atoms with Crippen molar-refractivity contribution in [3.05, 3.63) is 114 Å². The van der Waals surface area contributed by atoms with E-state index in [1.54, 1.807) is 30.0 Å². The Morgan fingerprint density at radius 2 is 1.57 bits per heavy atom. The van der Waals surface area contributed by atoms with Crippen molar-refractivity contribution < 1.29 is 19.4 Å². The summed E-state index contributed by atoms with van der Waals surface area (Å²) < 4.78 is 5.60. The van der Waals surface area contributed by atoms with Gasteiger partial charge in [-0.25, -0.2) is 4.98 Å². The molecule has 2 heterocycles. The van der Waals surface area contributed by atoms with Crippen LogP contribution in [0, 0.1) is 6.92 Å². The summed E-state index contributed by atoms with van der Waals surface area (Å²) in [6.45, 7) is 1.98. The minimum absolute atomic E-state index is 0.0699. The number of benzene rings is 4. The number of phenols is 1. The monoisotopic (exact) mass is 462 g/mol. The fraction of sp³-hybridized carbons (Fsp3) is 0.103. The number of aromatic hydroxyl groups is 1. The molecule has 35 heavy (non-hydrogen) atoms. The highest BCUT2D eigenvalue weighted by atomic mass is 16.3. The standard InChI is InChI=1S/C29H22N2O4/c1-18-30-24-16-26(32)23(15-27(24)35-18)29(34)22-9-5-6-10-25(22)31(28(29)33)17-19-11-13-21(14-12-19)20-7-3-2-4-8-20/h2-16,32,34H,17H2,1H3. The summed E-state index contributed by atoms with van der Waals surface area (Å²) in [5, 5.41) is 22.6. The Bertz CT molecular complexity index is 1570. The average molecular weight is 463 g/mol. The lowest BCUT2D eigenvalue weighted by Crippen LogP contribution is -2.41. The van der Waals surface area contributed by atoms with Crippen LogP contribution < -0.4 is 4.90 Å². The largest absolute Gasteiger partial charge is 0.507 e. The maximum atomic E-state index is 13.8. The molecule has 1 atom stereocenters. The van der Waals surface area contributed by atoms with Crippen LogP contribution in [0.2, 0.25) is 0 Å². The molecule has 172 valence electrons. The molecule has 0 radical (unpaired) electrons. The predicted molar refractivity (Wildman–Crippen MR) is 133 cm³/mol. The number of carbonyl (C=O) groups is 1. The van der Waals surface area contributed by atoms with Crippen LogP contribution in [-0.2, 0) is 16.9 Å². The summed E-state index contributed by atoms with van der Waals surface area (Å²) in [5.74, 6) is -0.315. The van der Waals surface area contributed by atoms with Gasteiger partial charge in [-0.3, -0.25) is 4.79 Å². The van der Waals surface area contributed by atoms with E-state index in [1.165, 1.54) is 12.1 Å². The summed E-state index contributed by atoms with van der Waals surface area (Å²) >= 11 is 0. The Balaban J connectivity index is 1.39. The number of fused-ring (bicyclic) bond motifs is 2. The first-order valence-corrected chi connectivity index (χ1v) is 11.3. The van der Waals surface area contributed by atoms with Gasteiger partial charge in [0.15, 0.2) is 11.5 Å². The van der Waals surface area contributed by atoms with E-state index >= 15 is 0 Å². The molecule has 0 bridgehead atoms. The van der Waals surface area contributed by atoms with Gasteiger partial charge < -0.3 is 19.5 Å². The van der Waals surface area contributed by atoms with Crippen LogP contribution in [0.1, 0.15) is 22.6 Å². The third kappa shape index (κ3) is 3.30. The van der Waals surface area contributed by atoms with E-state index in [0.29, 0.717) is 28.2 Å². The first-order chi connectivity index (χ1) is 16.9. The minimum Gasteiger partial charge on any atom is -0.507 e. The molecule has 2 N–H and O–H groups in total. The number of hydrogen-bond acceptors (Lipinski definition) is 5. The number of carbonyl (C=O) groups excluding carboxylic acids is 1. The van der Waals surface area contributed by atoms with Crippen molar-refractivity contribution >= 4 is 22.7 Å². The normalized spacial score (nSPS) is 17.2. The topological polar surface area (TPSA) is 86.8 Å². The second-order valence-electron chi connectivity index (χ2n) is 8.75. The minimum atomic E-state index is -2.06. The third-order valence-corrected chi connectivity index (χ3v) is 6.54. The quantitative estimate of drug-likeness (QED) is 0.379. The molecular formula is C29H22N2O4. The first kappa shape index (κ1) is 21.1. The highest BCUT2D eigenvalue weighted by Gasteiger charge is 2.52. The molecule has 1 aliphatic rings. The lowest BCUT2D eigenvalue weighted by Gasteiger charge is -2.24. The van der Waals surface area contributed by atoms with Crippen LogP contribution in [-0.4, -0.2) is 21.1 Å². The number of aromatic nitrogens is 1.